The first-order valence-electron chi connectivity index (χ1n) is 6.98. The van der Waals surface area contributed by atoms with Crippen LogP contribution in [0.1, 0.15) is 38.1 Å². The Balaban J connectivity index is 2.68. The molecule has 1 rings (SSSR count). The van der Waals surface area contributed by atoms with Gasteiger partial charge in [0.2, 0.25) is 5.91 Å². The Morgan fingerprint density at radius 1 is 1.22 bits per heavy atom. The normalized spacial score (nSPS) is 12.2. The molecule has 0 radical (unpaired) electrons. The monoisotopic (exact) mass is 324 g/mol. The quantitative estimate of drug-likeness (QED) is 0.670. The molecular weight excluding hydrogens is 303 g/mol. The molecule has 0 aliphatic heterocycles. The van der Waals surface area contributed by atoms with Gasteiger partial charge in [-0.05, 0) is 45.9 Å². The van der Waals surface area contributed by atoms with E-state index in [9.17, 15) is 18.8 Å². The van der Waals surface area contributed by atoms with Gasteiger partial charge in [0.15, 0.2) is 0 Å². The van der Waals surface area contributed by atoms with Crippen molar-refractivity contribution in [3.05, 3.63) is 29.6 Å². The van der Waals surface area contributed by atoms with Gasteiger partial charge in [-0.1, -0.05) is 0 Å². The number of amides is 4. The first-order chi connectivity index (χ1) is 10.5. The van der Waals surface area contributed by atoms with Crippen molar-refractivity contribution in [2.45, 2.75) is 39.3 Å². The maximum atomic E-state index is 13.3. The predicted octanol–water partition coefficient (Wildman–Crippen LogP) is 1.35. The topological polar surface area (TPSA) is 113 Å². The number of halogens is 1. The highest BCUT2D eigenvalue weighted by molar-refractivity contribution is 5.97. The van der Waals surface area contributed by atoms with Crippen LogP contribution < -0.4 is 21.7 Å². The smallest absolute Gasteiger partial charge is 0.319 e. The second-order valence-electron chi connectivity index (χ2n) is 6.12. The summed E-state index contributed by atoms with van der Waals surface area (Å²) in [6, 6.07) is 1.98. The highest BCUT2D eigenvalue weighted by Crippen LogP contribution is 2.14. The minimum absolute atomic E-state index is 0.182. The number of benzene rings is 1. The summed E-state index contributed by atoms with van der Waals surface area (Å²) in [6.07, 6.45) is 0. The lowest BCUT2D eigenvalue weighted by Crippen LogP contribution is -2.51. The highest BCUT2D eigenvalue weighted by Gasteiger charge is 2.20. The molecule has 8 heteroatoms. The second-order valence-corrected chi connectivity index (χ2v) is 6.12. The number of hydrogen-bond acceptors (Lipinski definition) is 3. The second kappa shape index (κ2) is 7.08. The number of rotatable bonds is 4. The van der Waals surface area contributed by atoms with E-state index in [1.165, 1.54) is 13.0 Å². The van der Waals surface area contributed by atoms with E-state index in [0.717, 1.165) is 12.1 Å². The molecule has 0 heterocycles. The average Bonchev–Trinajstić information content (AvgIpc) is 2.38. The van der Waals surface area contributed by atoms with Crippen LogP contribution in [0.25, 0.3) is 0 Å². The third kappa shape index (κ3) is 5.93. The largest absolute Gasteiger partial charge is 0.366 e. The van der Waals surface area contributed by atoms with Gasteiger partial charge < -0.3 is 21.7 Å². The Bertz CT molecular complexity index is 626. The zero-order valence-corrected chi connectivity index (χ0v) is 13.5. The van der Waals surface area contributed by atoms with Gasteiger partial charge in [-0.15, -0.1) is 0 Å². The fourth-order valence-corrected chi connectivity index (χ4v) is 1.70. The third-order valence-electron chi connectivity index (χ3n) is 2.73. The fourth-order valence-electron chi connectivity index (χ4n) is 1.70. The van der Waals surface area contributed by atoms with E-state index >= 15 is 0 Å². The highest BCUT2D eigenvalue weighted by atomic mass is 19.1. The summed E-state index contributed by atoms with van der Waals surface area (Å²) in [7, 11) is 0. The number of anilines is 1. The van der Waals surface area contributed by atoms with E-state index in [0.29, 0.717) is 0 Å². The minimum atomic E-state index is -0.940. The standard InChI is InChI=1S/C15H21FN4O3/c1-8(13(22)20-15(2,3)4)18-14(23)19-9-5-6-11(16)10(7-9)12(17)21/h5-8H,1-4H3,(H2,17,21)(H,20,22)(H2,18,19,23). The van der Waals surface area contributed by atoms with Crippen LogP contribution in [0.2, 0.25) is 0 Å². The minimum Gasteiger partial charge on any atom is -0.366 e. The lowest BCUT2D eigenvalue weighted by Gasteiger charge is -2.23. The summed E-state index contributed by atoms with van der Waals surface area (Å²) < 4.78 is 13.3. The van der Waals surface area contributed by atoms with Crippen molar-refractivity contribution in [2.75, 3.05) is 5.32 Å². The summed E-state index contributed by atoms with van der Waals surface area (Å²) in [4.78, 5) is 34.8. The van der Waals surface area contributed by atoms with Crippen molar-refractivity contribution in [2.24, 2.45) is 5.73 Å². The number of primary amides is 1. The summed E-state index contributed by atoms with van der Waals surface area (Å²) in [5, 5.41) is 7.58. The molecule has 0 saturated heterocycles. The Kier molecular flexibility index (Phi) is 5.67. The van der Waals surface area contributed by atoms with Crippen molar-refractivity contribution in [3.63, 3.8) is 0 Å². The van der Waals surface area contributed by atoms with E-state index in [4.69, 9.17) is 5.73 Å². The first-order valence-corrected chi connectivity index (χ1v) is 6.98. The number of carbonyl (C=O) groups is 3. The molecule has 0 aliphatic carbocycles. The molecule has 1 aromatic rings. The van der Waals surface area contributed by atoms with Crippen LogP contribution in [-0.2, 0) is 4.79 Å². The van der Waals surface area contributed by atoms with Gasteiger partial charge in [-0.2, -0.15) is 0 Å². The number of nitrogens with one attached hydrogen (secondary N) is 3. The van der Waals surface area contributed by atoms with E-state index < -0.39 is 29.3 Å². The molecule has 0 aromatic heterocycles. The van der Waals surface area contributed by atoms with Gasteiger partial charge >= 0.3 is 6.03 Å². The van der Waals surface area contributed by atoms with Crippen molar-refractivity contribution < 1.29 is 18.8 Å². The van der Waals surface area contributed by atoms with Crippen LogP contribution in [-0.4, -0.2) is 29.4 Å². The molecule has 23 heavy (non-hydrogen) atoms. The summed E-state index contributed by atoms with van der Waals surface area (Å²) in [5.74, 6) is -2.06. The molecule has 0 aliphatic rings. The zero-order valence-electron chi connectivity index (χ0n) is 13.5. The van der Waals surface area contributed by atoms with Crippen LogP contribution in [0.3, 0.4) is 0 Å². The van der Waals surface area contributed by atoms with Gasteiger partial charge in [0.05, 0.1) is 5.56 Å². The summed E-state index contributed by atoms with van der Waals surface area (Å²) >= 11 is 0. The van der Waals surface area contributed by atoms with Crippen LogP contribution in [0.15, 0.2) is 18.2 Å². The number of carbonyl (C=O) groups excluding carboxylic acids is 3. The number of nitrogens with two attached hydrogens (primary N) is 1. The molecule has 1 aromatic carbocycles. The lowest BCUT2D eigenvalue weighted by atomic mass is 10.1. The molecule has 0 spiro atoms. The van der Waals surface area contributed by atoms with Crippen molar-refractivity contribution in [1.82, 2.24) is 10.6 Å². The third-order valence-corrected chi connectivity index (χ3v) is 2.73. The maximum absolute atomic E-state index is 13.3. The Labute approximate surface area is 133 Å². The van der Waals surface area contributed by atoms with Crippen LogP contribution in [0, 0.1) is 5.82 Å². The maximum Gasteiger partial charge on any atom is 0.319 e. The molecule has 1 atom stereocenters. The van der Waals surface area contributed by atoms with Crippen molar-refractivity contribution in [3.8, 4) is 0 Å². The van der Waals surface area contributed by atoms with Crippen LogP contribution >= 0.6 is 0 Å². The van der Waals surface area contributed by atoms with E-state index in [2.05, 4.69) is 16.0 Å². The van der Waals surface area contributed by atoms with Crippen molar-refractivity contribution in [1.29, 1.82) is 0 Å². The molecule has 0 saturated carbocycles. The molecule has 0 fully saturated rings. The predicted molar refractivity (Wildman–Crippen MR) is 84.4 cm³/mol. The molecular formula is C15H21FN4O3. The number of hydrogen-bond donors (Lipinski definition) is 4. The van der Waals surface area contributed by atoms with E-state index in [1.807, 2.05) is 20.8 Å². The SMILES string of the molecule is CC(NC(=O)Nc1ccc(F)c(C(N)=O)c1)C(=O)NC(C)(C)C. The van der Waals surface area contributed by atoms with Gasteiger partial charge in [0, 0.05) is 11.2 Å². The molecule has 126 valence electrons. The molecule has 1 unspecified atom stereocenters. The van der Waals surface area contributed by atoms with Gasteiger partial charge in [-0.25, -0.2) is 9.18 Å². The zero-order chi connectivity index (χ0) is 17.8. The first kappa shape index (κ1) is 18.4. The van der Waals surface area contributed by atoms with E-state index in [1.54, 1.807) is 0 Å². The van der Waals surface area contributed by atoms with Crippen molar-refractivity contribution >= 4 is 23.5 Å². The van der Waals surface area contributed by atoms with Crippen LogP contribution in [0.5, 0.6) is 0 Å². The van der Waals surface area contributed by atoms with Gasteiger partial charge in [-0.3, -0.25) is 9.59 Å². The number of urea groups is 1. The average molecular weight is 324 g/mol. The molecule has 5 N–H and O–H groups in total. The summed E-state index contributed by atoms with van der Waals surface area (Å²) in [5.41, 5.74) is 4.46. The molecule has 7 nitrogen and oxygen atoms in total. The molecule has 4 amide bonds. The Morgan fingerprint density at radius 3 is 2.35 bits per heavy atom. The summed E-state index contributed by atoms with van der Waals surface area (Å²) in [6.45, 7) is 6.99. The van der Waals surface area contributed by atoms with Gasteiger partial charge in [0.1, 0.15) is 11.9 Å². The fraction of sp³-hybridized carbons (Fsp3) is 0.400. The lowest BCUT2D eigenvalue weighted by molar-refractivity contribution is -0.123. The Hall–Kier alpha value is -2.64. The molecule has 0 bridgehead atoms. The van der Waals surface area contributed by atoms with Crippen LogP contribution in [0.4, 0.5) is 14.9 Å². The Morgan fingerprint density at radius 2 is 1.83 bits per heavy atom. The van der Waals surface area contributed by atoms with E-state index in [-0.39, 0.29) is 17.2 Å². The van der Waals surface area contributed by atoms with Gasteiger partial charge in [0.25, 0.3) is 5.91 Å².